The predicted molar refractivity (Wildman–Crippen MR) is 289 cm³/mol. The maximum absolute atomic E-state index is 2.58. The van der Waals surface area contributed by atoms with E-state index in [1.165, 1.54) is 94.9 Å². The molecule has 0 radical (unpaired) electrons. The summed E-state index contributed by atoms with van der Waals surface area (Å²) in [5.74, 6) is 0. The van der Waals surface area contributed by atoms with Crippen molar-refractivity contribution in [3.8, 4) is 22.3 Å². The van der Waals surface area contributed by atoms with Gasteiger partial charge in [0.15, 0.2) is 0 Å². The number of nitrogens with zero attached hydrogens (tertiary/aromatic N) is 3. The Balaban J connectivity index is 1.08. The minimum absolute atomic E-state index is 0.00659. The summed E-state index contributed by atoms with van der Waals surface area (Å²) in [5.41, 5.74) is 26.4. The van der Waals surface area contributed by atoms with Crippen molar-refractivity contribution in [2.45, 2.75) is 64.7 Å². The second-order valence-corrected chi connectivity index (χ2v) is 21.4. The highest BCUT2D eigenvalue weighted by atomic mass is 15.2. The maximum Gasteiger partial charge on any atom is 0.252 e. The first-order valence-corrected chi connectivity index (χ1v) is 24.3. The molecule has 0 unspecified atom stereocenters. The lowest BCUT2D eigenvalue weighted by Crippen LogP contribution is -2.61. The lowest BCUT2D eigenvalue weighted by atomic mass is 9.33. The van der Waals surface area contributed by atoms with E-state index < -0.39 is 0 Å². The molecule has 2 aliphatic heterocycles. The third-order valence-corrected chi connectivity index (χ3v) is 15.8. The van der Waals surface area contributed by atoms with Crippen LogP contribution < -0.4 is 31.1 Å². The summed E-state index contributed by atoms with van der Waals surface area (Å²) in [6, 6.07) is 75.6. The zero-order chi connectivity index (χ0) is 46.3. The number of anilines is 9. The van der Waals surface area contributed by atoms with Crippen LogP contribution in [0.15, 0.2) is 200 Å². The Morgan fingerprint density at radius 1 is 0.382 bits per heavy atom. The van der Waals surface area contributed by atoms with Crippen LogP contribution in [0.4, 0.5) is 51.2 Å². The first-order chi connectivity index (χ1) is 32.9. The molecular weight excluding hydrogens is 822 g/mol. The molecule has 0 saturated carbocycles. The SMILES string of the molecule is CC(C)(C)c1ccc2c(c1)N(c1ccc3c(c1)-c1ccccc1C3(C)C)c1cccc3c1B2c1ccc(N(c2ccccc2)c2ccccc2)cc1N3c1ccc2c(c1)C(C)(C)c1ccccc1-2. The highest BCUT2D eigenvalue weighted by molar-refractivity contribution is 7.00. The largest absolute Gasteiger partial charge is 0.311 e. The number of hydrogen-bond acceptors (Lipinski definition) is 3. The van der Waals surface area contributed by atoms with Gasteiger partial charge in [0.05, 0.1) is 0 Å². The molecule has 0 aromatic heterocycles. The smallest absolute Gasteiger partial charge is 0.252 e. The predicted octanol–water partition coefficient (Wildman–Crippen LogP) is 15.1. The van der Waals surface area contributed by atoms with Gasteiger partial charge in [0.2, 0.25) is 0 Å². The molecule has 4 heteroatoms. The summed E-state index contributed by atoms with van der Waals surface area (Å²) in [5, 5.41) is 0. The molecule has 328 valence electrons. The molecular formula is C64H54BN3. The number of hydrogen-bond donors (Lipinski definition) is 0. The Labute approximate surface area is 402 Å². The van der Waals surface area contributed by atoms with E-state index in [9.17, 15) is 0 Å². The van der Waals surface area contributed by atoms with Crippen molar-refractivity contribution in [2.75, 3.05) is 14.7 Å². The van der Waals surface area contributed by atoms with Gasteiger partial charge in [-0.05, 0) is 151 Å². The van der Waals surface area contributed by atoms with Crippen molar-refractivity contribution in [1.29, 1.82) is 0 Å². The lowest BCUT2D eigenvalue weighted by Gasteiger charge is -2.45. The number of para-hydroxylation sites is 2. The van der Waals surface area contributed by atoms with Crippen molar-refractivity contribution >= 4 is 74.3 Å². The molecule has 2 heterocycles. The molecule has 4 aliphatic rings. The average Bonchev–Trinajstić information content (AvgIpc) is 3.73. The summed E-state index contributed by atoms with van der Waals surface area (Å²) in [7, 11) is 0. The van der Waals surface area contributed by atoms with E-state index in [0.29, 0.717) is 0 Å². The topological polar surface area (TPSA) is 9.72 Å². The van der Waals surface area contributed by atoms with Crippen molar-refractivity contribution in [3.05, 3.63) is 228 Å². The fourth-order valence-electron chi connectivity index (χ4n) is 12.4. The van der Waals surface area contributed by atoms with E-state index in [0.717, 1.165) is 22.7 Å². The van der Waals surface area contributed by atoms with Crippen molar-refractivity contribution in [1.82, 2.24) is 0 Å². The van der Waals surface area contributed by atoms with Crippen LogP contribution in [0.5, 0.6) is 0 Å². The van der Waals surface area contributed by atoms with E-state index in [2.05, 4.69) is 263 Å². The lowest BCUT2D eigenvalue weighted by molar-refractivity contribution is 0.590. The summed E-state index contributed by atoms with van der Waals surface area (Å²) in [4.78, 5) is 7.56. The molecule has 0 spiro atoms. The molecule has 13 rings (SSSR count). The van der Waals surface area contributed by atoms with Crippen LogP contribution in [0.3, 0.4) is 0 Å². The molecule has 9 aromatic carbocycles. The van der Waals surface area contributed by atoms with Crippen molar-refractivity contribution in [3.63, 3.8) is 0 Å². The second-order valence-electron chi connectivity index (χ2n) is 21.4. The van der Waals surface area contributed by atoms with Gasteiger partial charge in [-0.25, -0.2) is 0 Å². The Morgan fingerprint density at radius 2 is 0.882 bits per heavy atom. The number of fused-ring (bicyclic) bond motifs is 10. The van der Waals surface area contributed by atoms with Crippen molar-refractivity contribution < 1.29 is 0 Å². The normalized spacial score (nSPS) is 15.1. The van der Waals surface area contributed by atoms with Crippen LogP contribution in [0.1, 0.15) is 76.3 Å². The highest BCUT2D eigenvalue weighted by Gasteiger charge is 2.45. The van der Waals surface area contributed by atoms with E-state index in [4.69, 9.17) is 0 Å². The van der Waals surface area contributed by atoms with Gasteiger partial charge >= 0.3 is 0 Å². The van der Waals surface area contributed by atoms with Gasteiger partial charge in [0.25, 0.3) is 6.71 Å². The molecule has 0 saturated heterocycles. The van der Waals surface area contributed by atoms with E-state index in [-0.39, 0.29) is 23.0 Å². The van der Waals surface area contributed by atoms with Gasteiger partial charge in [-0.15, -0.1) is 0 Å². The monoisotopic (exact) mass is 875 g/mol. The van der Waals surface area contributed by atoms with Crippen LogP contribution in [0, 0.1) is 0 Å². The molecule has 68 heavy (non-hydrogen) atoms. The van der Waals surface area contributed by atoms with Crippen LogP contribution >= 0.6 is 0 Å². The number of rotatable bonds is 5. The summed E-state index contributed by atoms with van der Waals surface area (Å²) < 4.78 is 0. The van der Waals surface area contributed by atoms with Gasteiger partial charge in [-0.2, -0.15) is 0 Å². The van der Waals surface area contributed by atoms with Gasteiger partial charge in [-0.1, -0.05) is 170 Å². The number of benzene rings is 9. The first kappa shape index (κ1) is 40.7. The Morgan fingerprint density at radius 3 is 1.51 bits per heavy atom. The van der Waals surface area contributed by atoms with E-state index in [1.54, 1.807) is 0 Å². The minimum atomic E-state index is -0.153. The zero-order valence-electron chi connectivity index (χ0n) is 40.0. The van der Waals surface area contributed by atoms with Gasteiger partial charge in [0.1, 0.15) is 0 Å². The molecule has 0 amide bonds. The third kappa shape index (κ3) is 5.79. The van der Waals surface area contributed by atoms with Gasteiger partial charge < -0.3 is 14.7 Å². The standard InChI is InChI=1S/C64H54BN3/c1-62(2,3)41-29-35-55-59(37-41)67(44-31-34-53-50(38-44)48-24-15-17-26-52(48)63(53,4)5)57-27-18-28-58-61(57)65(55)56-36-32-46(66(42-19-10-8-11-20-42)43-21-12-9-13-22-43)40-60(56)68(58)45-30-33-49-47-23-14-16-25-51(47)64(6,7)54(49)39-45/h8-40H,1-7H3. The summed E-state index contributed by atoms with van der Waals surface area (Å²) >= 11 is 0. The average molecular weight is 876 g/mol. The van der Waals surface area contributed by atoms with E-state index in [1.807, 2.05) is 0 Å². The highest BCUT2D eigenvalue weighted by Crippen LogP contribution is 2.54. The van der Waals surface area contributed by atoms with Crippen LogP contribution in [0.2, 0.25) is 0 Å². The van der Waals surface area contributed by atoms with Crippen LogP contribution in [-0.2, 0) is 16.2 Å². The fourth-order valence-corrected chi connectivity index (χ4v) is 12.4. The Kier molecular flexibility index (Phi) is 8.66. The molecule has 0 fully saturated rings. The van der Waals surface area contributed by atoms with Gasteiger partial charge in [0, 0.05) is 62.0 Å². The maximum atomic E-state index is 2.58. The quantitative estimate of drug-likeness (QED) is 0.160. The molecule has 0 N–H and O–H groups in total. The minimum Gasteiger partial charge on any atom is -0.311 e. The van der Waals surface area contributed by atoms with Crippen molar-refractivity contribution in [2.24, 2.45) is 0 Å². The first-order valence-electron chi connectivity index (χ1n) is 24.3. The fraction of sp³-hybridized carbons (Fsp3) is 0.156. The van der Waals surface area contributed by atoms with Crippen LogP contribution in [0.25, 0.3) is 22.3 Å². The molecule has 2 aliphatic carbocycles. The van der Waals surface area contributed by atoms with E-state index >= 15 is 0 Å². The third-order valence-electron chi connectivity index (χ3n) is 15.8. The molecule has 9 aromatic rings. The second kappa shape index (κ2) is 14.5. The Bertz CT molecular complexity index is 3490. The van der Waals surface area contributed by atoms with Gasteiger partial charge in [-0.3, -0.25) is 0 Å². The Hall–Kier alpha value is -7.56. The van der Waals surface area contributed by atoms with Crippen LogP contribution in [-0.4, -0.2) is 6.71 Å². The molecule has 3 nitrogen and oxygen atoms in total. The molecule has 0 bridgehead atoms. The molecule has 0 atom stereocenters. The summed E-state index contributed by atoms with van der Waals surface area (Å²) in [6.07, 6.45) is 0. The zero-order valence-corrected chi connectivity index (χ0v) is 40.0. The summed E-state index contributed by atoms with van der Waals surface area (Å²) in [6.45, 7) is 16.5.